The number of alkyl halides is 2. The van der Waals surface area contributed by atoms with Crippen molar-refractivity contribution >= 4 is 5.78 Å². The minimum Gasteiger partial charge on any atom is -0.435 e. The summed E-state index contributed by atoms with van der Waals surface area (Å²) < 4.78 is 41.0. The molecule has 0 radical (unpaired) electrons. The van der Waals surface area contributed by atoms with Crippen LogP contribution in [-0.2, 0) is 0 Å². The third-order valence-corrected chi connectivity index (χ3v) is 1.84. The predicted octanol–water partition coefficient (Wildman–Crippen LogP) is 2.94. The van der Waals surface area contributed by atoms with E-state index >= 15 is 0 Å². The molecule has 0 N–H and O–H groups in total. The molecule has 0 fully saturated rings. The molecule has 1 rings (SSSR count). The Morgan fingerprint density at radius 2 is 2.00 bits per heavy atom. The largest absolute Gasteiger partial charge is 0.435 e. The molecule has 5 heteroatoms. The molecule has 15 heavy (non-hydrogen) atoms. The minimum absolute atomic E-state index is 0.100. The number of hydrogen-bond donors (Lipinski definition) is 0. The van der Waals surface area contributed by atoms with Crippen molar-refractivity contribution in [2.75, 3.05) is 0 Å². The van der Waals surface area contributed by atoms with Crippen LogP contribution in [0, 0.1) is 12.7 Å². The summed E-state index contributed by atoms with van der Waals surface area (Å²) in [6.07, 6.45) is 0. The first-order valence-electron chi connectivity index (χ1n) is 4.17. The molecule has 0 aliphatic carbocycles. The van der Waals surface area contributed by atoms with Crippen molar-refractivity contribution in [1.29, 1.82) is 0 Å². The first kappa shape index (κ1) is 11.6. The first-order valence-corrected chi connectivity index (χ1v) is 4.17. The van der Waals surface area contributed by atoms with Gasteiger partial charge in [0.2, 0.25) is 0 Å². The van der Waals surface area contributed by atoms with E-state index in [1.165, 1.54) is 19.9 Å². The molecule has 0 spiro atoms. The molecule has 0 aliphatic rings. The third kappa shape index (κ3) is 2.71. The summed E-state index contributed by atoms with van der Waals surface area (Å²) in [6.45, 7) is -0.344. The third-order valence-electron chi connectivity index (χ3n) is 1.84. The maximum Gasteiger partial charge on any atom is 0.387 e. The smallest absolute Gasteiger partial charge is 0.387 e. The summed E-state index contributed by atoms with van der Waals surface area (Å²) in [5, 5.41) is 0. The van der Waals surface area contributed by atoms with E-state index in [4.69, 9.17) is 0 Å². The van der Waals surface area contributed by atoms with Gasteiger partial charge in [0.1, 0.15) is 11.6 Å². The number of Topliss-reactive ketones (excluding diaryl/α,β-unsaturated/α-hetero) is 1. The fourth-order valence-electron chi connectivity index (χ4n) is 1.33. The van der Waals surface area contributed by atoms with Crippen molar-refractivity contribution in [3.05, 3.63) is 29.1 Å². The Morgan fingerprint density at radius 3 is 2.40 bits per heavy atom. The van der Waals surface area contributed by atoms with Gasteiger partial charge in [-0.15, -0.1) is 0 Å². The molecule has 0 aliphatic heterocycles. The number of rotatable bonds is 3. The predicted molar refractivity (Wildman–Crippen MR) is 47.8 cm³/mol. The first-order chi connectivity index (χ1) is 6.91. The van der Waals surface area contributed by atoms with Crippen molar-refractivity contribution in [3.8, 4) is 5.75 Å². The number of halogens is 3. The second-order valence-electron chi connectivity index (χ2n) is 3.03. The number of carbonyl (C=O) groups excluding carboxylic acids is 1. The molecule has 1 aromatic rings. The average Bonchev–Trinajstić information content (AvgIpc) is 1.99. The number of ketones is 1. The SMILES string of the molecule is CC(=O)c1c(C)cc(OC(F)F)cc1F. The van der Waals surface area contributed by atoms with E-state index in [9.17, 15) is 18.0 Å². The lowest BCUT2D eigenvalue weighted by molar-refractivity contribution is -0.0500. The lowest BCUT2D eigenvalue weighted by Gasteiger charge is -2.08. The minimum atomic E-state index is -3.01. The molecule has 0 saturated heterocycles. The highest BCUT2D eigenvalue weighted by Gasteiger charge is 2.14. The molecule has 1 aromatic carbocycles. The maximum atomic E-state index is 13.3. The number of hydrogen-bond acceptors (Lipinski definition) is 2. The molecular weight excluding hydrogens is 209 g/mol. The van der Waals surface area contributed by atoms with Crippen molar-refractivity contribution in [2.24, 2.45) is 0 Å². The Bertz CT molecular complexity index is 365. The van der Waals surface area contributed by atoms with E-state index in [0.29, 0.717) is 0 Å². The highest BCUT2D eigenvalue weighted by molar-refractivity contribution is 5.95. The summed E-state index contributed by atoms with van der Waals surface area (Å²) >= 11 is 0. The van der Waals surface area contributed by atoms with Crippen LogP contribution in [-0.4, -0.2) is 12.4 Å². The number of carbonyl (C=O) groups is 1. The number of ether oxygens (including phenoxy) is 1. The molecule has 0 atom stereocenters. The number of aryl methyl sites for hydroxylation is 1. The van der Waals surface area contributed by atoms with Crippen molar-refractivity contribution in [2.45, 2.75) is 20.5 Å². The lowest BCUT2D eigenvalue weighted by atomic mass is 10.0. The molecule has 0 bridgehead atoms. The fraction of sp³-hybridized carbons (Fsp3) is 0.300. The summed E-state index contributed by atoms with van der Waals surface area (Å²) in [7, 11) is 0. The second kappa shape index (κ2) is 4.33. The standard InChI is InChI=1S/C10H9F3O2/c1-5-3-7(15-10(12)13)4-8(11)9(5)6(2)14/h3-4,10H,1-2H3. The second-order valence-corrected chi connectivity index (χ2v) is 3.03. The lowest BCUT2D eigenvalue weighted by Crippen LogP contribution is -2.06. The van der Waals surface area contributed by atoms with Crippen LogP contribution in [0.15, 0.2) is 12.1 Å². The van der Waals surface area contributed by atoms with Gasteiger partial charge in [-0.2, -0.15) is 8.78 Å². The van der Waals surface area contributed by atoms with E-state index in [2.05, 4.69) is 4.74 Å². The summed E-state index contributed by atoms with van der Waals surface area (Å²) in [5.74, 6) is -1.59. The molecule has 2 nitrogen and oxygen atoms in total. The zero-order chi connectivity index (χ0) is 11.6. The normalized spacial score (nSPS) is 10.5. The van der Waals surface area contributed by atoms with Crippen molar-refractivity contribution in [1.82, 2.24) is 0 Å². The number of benzene rings is 1. The van der Waals surface area contributed by atoms with E-state index in [1.807, 2.05) is 0 Å². The Balaban J connectivity index is 3.14. The Hall–Kier alpha value is -1.52. The Morgan fingerprint density at radius 1 is 1.40 bits per heavy atom. The summed E-state index contributed by atoms with van der Waals surface area (Å²) in [6, 6.07) is 1.97. The molecule has 82 valence electrons. The van der Waals surface area contributed by atoms with E-state index < -0.39 is 18.2 Å². The van der Waals surface area contributed by atoms with Crippen LogP contribution in [0.5, 0.6) is 5.75 Å². The van der Waals surface area contributed by atoms with Gasteiger partial charge in [-0.25, -0.2) is 4.39 Å². The fourth-order valence-corrected chi connectivity index (χ4v) is 1.33. The van der Waals surface area contributed by atoms with Crippen molar-refractivity contribution < 1.29 is 22.7 Å². The summed E-state index contributed by atoms with van der Waals surface area (Å²) in [5.41, 5.74) is 0.176. The molecule has 0 aromatic heterocycles. The highest BCUT2D eigenvalue weighted by atomic mass is 19.3. The van der Waals surface area contributed by atoms with Gasteiger partial charge in [-0.05, 0) is 25.5 Å². The van der Waals surface area contributed by atoms with Crippen LogP contribution in [0.4, 0.5) is 13.2 Å². The van der Waals surface area contributed by atoms with Gasteiger partial charge in [-0.3, -0.25) is 4.79 Å². The van der Waals surface area contributed by atoms with E-state index in [-0.39, 0.29) is 16.9 Å². The molecule has 0 heterocycles. The van der Waals surface area contributed by atoms with Crippen LogP contribution >= 0.6 is 0 Å². The van der Waals surface area contributed by atoms with Gasteiger partial charge in [0.05, 0.1) is 5.56 Å². The Labute approximate surface area is 84.7 Å². The van der Waals surface area contributed by atoms with Gasteiger partial charge in [0.15, 0.2) is 5.78 Å². The maximum absolute atomic E-state index is 13.3. The highest BCUT2D eigenvalue weighted by Crippen LogP contribution is 2.22. The molecular formula is C10H9F3O2. The Kier molecular flexibility index (Phi) is 3.34. The van der Waals surface area contributed by atoms with Gasteiger partial charge >= 0.3 is 6.61 Å². The molecule has 0 unspecified atom stereocenters. The van der Waals surface area contributed by atoms with Crippen LogP contribution in [0.1, 0.15) is 22.8 Å². The van der Waals surface area contributed by atoms with E-state index in [1.54, 1.807) is 0 Å². The quantitative estimate of drug-likeness (QED) is 0.729. The van der Waals surface area contributed by atoms with Gasteiger partial charge in [-0.1, -0.05) is 0 Å². The van der Waals surface area contributed by atoms with Crippen LogP contribution in [0.25, 0.3) is 0 Å². The monoisotopic (exact) mass is 218 g/mol. The topological polar surface area (TPSA) is 26.3 Å². The molecule has 0 amide bonds. The van der Waals surface area contributed by atoms with Gasteiger partial charge in [0, 0.05) is 6.07 Å². The van der Waals surface area contributed by atoms with E-state index in [0.717, 1.165) is 6.07 Å². The van der Waals surface area contributed by atoms with Crippen molar-refractivity contribution in [3.63, 3.8) is 0 Å². The van der Waals surface area contributed by atoms with Crippen LogP contribution in [0.2, 0.25) is 0 Å². The van der Waals surface area contributed by atoms with Gasteiger partial charge in [0.25, 0.3) is 0 Å². The average molecular weight is 218 g/mol. The van der Waals surface area contributed by atoms with Crippen LogP contribution < -0.4 is 4.74 Å². The molecule has 0 saturated carbocycles. The zero-order valence-corrected chi connectivity index (χ0v) is 8.18. The zero-order valence-electron chi connectivity index (χ0n) is 8.18. The van der Waals surface area contributed by atoms with Crippen LogP contribution in [0.3, 0.4) is 0 Å². The summed E-state index contributed by atoms with van der Waals surface area (Å²) in [4.78, 5) is 11.0. The van der Waals surface area contributed by atoms with Gasteiger partial charge < -0.3 is 4.74 Å².